The monoisotopic (exact) mass is 411 g/mol. The molecule has 0 aromatic heterocycles. The number of rotatable bonds is 7. The lowest BCUT2D eigenvalue weighted by Gasteiger charge is -2.50. The third-order valence-corrected chi connectivity index (χ3v) is 6.94. The Kier molecular flexibility index (Phi) is 6.27. The third kappa shape index (κ3) is 3.97. The largest absolute Gasteiger partial charge is 0.369 e. The van der Waals surface area contributed by atoms with E-state index in [0.717, 1.165) is 6.42 Å². The number of primary amides is 2. The van der Waals surface area contributed by atoms with Crippen LogP contribution < -0.4 is 11.5 Å². The fourth-order valence-corrected chi connectivity index (χ4v) is 5.03. The second kappa shape index (κ2) is 8.56. The fraction of sp³-hybridized carbons (Fsp3) is 0.417. The summed E-state index contributed by atoms with van der Waals surface area (Å²) >= 11 is 0. The van der Waals surface area contributed by atoms with E-state index in [-0.39, 0.29) is 11.1 Å². The molecular formula is C24H30FN3O2. The molecule has 2 aromatic rings. The normalized spacial score (nSPS) is 25.1. The van der Waals surface area contributed by atoms with Crippen LogP contribution in [0, 0.1) is 11.2 Å². The number of carbonyl (C=O) groups is 2. The van der Waals surface area contributed by atoms with Gasteiger partial charge in [0.15, 0.2) is 0 Å². The van der Waals surface area contributed by atoms with Gasteiger partial charge in [-0.3, -0.25) is 9.59 Å². The topological polar surface area (TPSA) is 89.4 Å². The van der Waals surface area contributed by atoms with Crippen LogP contribution in [-0.2, 0) is 16.0 Å². The fourth-order valence-electron chi connectivity index (χ4n) is 5.03. The summed E-state index contributed by atoms with van der Waals surface area (Å²) in [4.78, 5) is 27.4. The first kappa shape index (κ1) is 22.0. The van der Waals surface area contributed by atoms with E-state index in [1.54, 1.807) is 12.1 Å². The van der Waals surface area contributed by atoms with Gasteiger partial charge in [0.2, 0.25) is 11.8 Å². The molecule has 1 atom stereocenters. The molecule has 0 bridgehead atoms. The van der Waals surface area contributed by atoms with Gasteiger partial charge in [0.1, 0.15) is 5.82 Å². The Morgan fingerprint density at radius 1 is 0.967 bits per heavy atom. The Labute approximate surface area is 177 Å². The highest BCUT2D eigenvalue weighted by atomic mass is 19.1. The lowest BCUT2D eigenvalue weighted by atomic mass is 9.58. The molecule has 5 nitrogen and oxygen atoms in total. The zero-order valence-electron chi connectivity index (χ0n) is 17.6. The van der Waals surface area contributed by atoms with Crippen LogP contribution in [0.2, 0.25) is 0 Å². The molecule has 0 spiro atoms. The van der Waals surface area contributed by atoms with Crippen molar-refractivity contribution in [3.8, 4) is 0 Å². The van der Waals surface area contributed by atoms with Crippen LogP contribution in [0.4, 0.5) is 4.39 Å². The van der Waals surface area contributed by atoms with Crippen molar-refractivity contribution in [1.82, 2.24) is 4.90 Å². The number of likely N-dealkylation sites (N-methyl/N-ethyl adjacent to an activating group) is 1. The zero-order chi connectivity index (χ0) is 21.9. The summed E-state index contributed by atoms with van der Waals surface area (Å²) in [5.41, 5.74) is 11.5. The summed E-state index contributed by atoms with van der Waals surface area (Å²) in [5.74, 6) is -2.95. The Hall–Kier alpha value is -2.73. The minimum atomic E-state index is -1.20. The van der Waals surface area contributed by atoms with Crippen molar-refractivity contribution in [3.63, 3.8) is 0 Å². The first-order valence-corrected chi connectivity index (χ1v) is 10.3. The molecule has 30 heavy (non-hydrogen) atoms. The highest BCUT2D eigenvalue weighted by Gasteiger charge is 2.54. The maximum Gasteiger partial charge on any atom is 0.226 e. The Bertz CT molecular complexity index is 906. The summed E-state index contributed by atoms with van der Waals surface area (Å²) in [6.07, 6.45) is 2.85. The van der Waals surface area contributed by atoms with Gasteiger partial charge in [-0.05, 0) is 57.8 Å². The van der Waals surface area contributed by atoms with E-state index in [9.17, 15) is 14.0 Å². The van der Waals surface area contributed by atoms with Gasteiger partial charge in [-0.2, -0.15) is 0 Å². The molecular weight excluding hydrogens is 381 g/mol. The molecule has 1 saturated carbocycles. The predicted octanol–water partition coefficient (Wildman–Crippen LogP) is 2.98. The Morgan fingerprint density at radius 3 is 2.03 bits per heavy atom. The van der Waals surface area contributed by atoms with Crippen molar-refractivity contribution in [2.45, 2.75) is 43.6 Å². The van der Waals surface area contributed by atoms with Gasteiger partial charge in [0.05, 0.1) is 11.3 Å². The number of halogens is 1. The predicted molar refractivity (Wildman–Crippen MR) is 115 cm³/mol. The van der Waals surface area contributed by atoms with Gasteiger partial charge in [0, 0.05) is 11.1 Å². The molecule has 3 rings (SSSR count). The van der Waals surface area contributed by atoms with Crippen LogP contribution in [0.3, 0.4) is 0 Å². The number of amides is 2. The summed E-state index contributed by atoms with van der Waals surface area (Å²) in [6.45, 7) is 0. The molecule has 4 N–H and O–H groups in total. The lowest BCUT2D eigenvalue weighted by Crippen LogP contribution is -2.56. The molecule has 1 aliphatic carbocycles. The van der Waals surface area contributed by atoms with Crippen LogP contribution in [0.5, 0.6) is 0 Å². The van der Waals surface area contributed by atoms with Crippen molar-refractivity contribution in [2.24, 2.45) is 16.9 Å². The second-order valence-electron chi connectivity index (χ2n) is 8.66. The zero-order valence-corrected chi connectivity index (χ0v) is 17.6. The Balaban J connectivity index is 1.97. The van der Waals surface area contributed by atoms with Gasteiger partial charge in [0.25, 0.3) is 0 Å². The van der Waals surface area contributed by atoms with Gasteiger partial charge < -0.3 is 16.4 Å². The van der Waals surface area contributed by atoms with Crippen LogP contribution in [0.15, 0.2) is 54.6 Å². The number of nitrogens with zero attached hydrogens (tertiary/aromatic N) is 1. The van der Waals surface area contributed by atoms with E-state index in [1.807, 2.05) is 32.3 Å². The minimum absolute atomic E-state index is 0.143. The molecule has 6 heteroatoms. The second-order valence-corrected chi connectivity index (χ2v) is 8.66. The van der Waals surface area contributed by atoms with Crippen LogP contribution in [0.1, 0.15) is 42.7 Å². The highest BCUT2D eigenvalue weighted by Crippen LogP contribution is 2.51. The molecule has 0 radical (unpaired) electrons. The van der Waals surface area contributed by atoms with E-state index in [0.29, 0.717) is 25.7 Å². The van der Waals surface area contributed by atoms with E-state index in [4.69, 9.17) is 11.5 Å². The van der Waals surface area contributed by atoms with Crippen molar-refractivity contribution >= 4 is 11.8 Å². The summed E-state index contributed by atoms with van der Waals surface area (Å²) < 4.78 is 14.6. The average Bonchev–Trinajstić information content (AvgIpc) is 2.71. The molecule has 1 fully saturated rings. The van der Waals surface area contributed by atoms with Gasteiger partial charge in [-0.1, -0.05) is 48.5 Å². The van der Waals surface area contributed by atoms with Crippen LogP contribution >= 0.6 is 0 Å². The van der Waals surface area contributed by atoms with Crippen molar-refractivity contribution < 1.29 is 14.0 Å². The number of benzene rings is 2. The number of hydrogen-bond donors (Lipinski definition) is 2. The Morgan fingerprint density at radius 2 is 1.53 bits per heavy atom. The molecule has 0 heterocycles. The number of hydrogen-bond acceptors (Lipinski definition) is 3. The van der Waals surface area contributed by atoms with E-state index in [2.05, 4.69) is 17.0 Å². The molecule has 2 aromatic carbocycles. The maximum absolute atomic E-state index is 14.6. The molecule has 0 saturated heterocycles. The van der Waals surface area contributed by atoms with E-state index < -0.39 is 29.0 Å². The molecule has 2 amide bonds. The smallest absolute Gasteiger partial charge is 0.226 e. The molecule has 0 aliphatic heterocycles. The van der Waals surface area contributed by atoms with Crippen molar-refractivity contribution in [3.05, 3.63) is 71.5 Å². The molecule has 1 unspecified atom stereocenters. The third-order valence-electron chi connectivity index (χ3n) is 6.94. The van der Waals surface area contributed by atoms with Crippen LogP contribution in [0.25, 0.3) is 0 Å². The van der Waals surface area contributed by atoms with E-state index >= 15 is 0 Å². The first-order valence-electron chi connectivity index (χ1n) is 10.3. The SMILES string of the molecule is CN(C)C1(Cc2ccccc2)CCC(C(N)=O)(C(C(N)=O)c2ccccc2F)CC1. The lowest BCUT2D eigenvalue weighted by molar-refractivity contribution is -0.139. The van der Waals surface area contributed by atoms with Gasteiger partial charge in [-0.25, -0.2) is 4.39 Å². The van der Waals surface area contributed by atoms with Crippen molar-refractivity contribution in [2.75, 3.05) is 14.1 Å². The average molecular weight is 412 g/mol. The highest BCUT2D eigenvalue weighted by molar-refractivity contribution is 5.93. The van der Waals surface area contributed by atoms with Crippen molar-refractivity contribution in [1.29, 1.82) is 0 Å². The summed E-state index contributed by atoms with van der Waals surface area (Å²) in [6, 6.07) is 16.2. The summed E-state index contributed by atoms with van der Waals surface area (Å²) in [7, 11) is 4.06. The van der Waals surface area contributed by atoms with Crippen LogP contribution in [-0.4, -0.2) is 36.3 Å². The number of carbonyl (C=O) groups excluding carboxylic acids is 2. The van der Waals surface area contributed by atoms with Gasteiger partial charge >= 0.3 is 0 Å². The van der Waals surface area contributed by atoms with E-state index in [1.165, 1.54) is 17.7 Å². The van der Waals surface area contributed by atoms with Gasteiger partial charge in [-0.15, -0.1) is 0 Å². The quantitative estimate of drug-likeness (QED) is 0.734. The molecule has 160 valence electrons. The first-order chi connectivity index (χ1) is 14.2. The minimum Gasteiger partial charge on any atom is -0.369 e. The standard InChI is InChI=1S/C24H30FN3O2/c1-28(2)23(16-17-8-4-3-5-9-17)12-14-24(15-13-23,22(27)30)20(21(26)29)18-10-6-7-11-19(18)25/h3-11,20H,12-16H2,1-2H3,(H2,26,29)(H2,27,30). The number of nitrogens with two attached hydrogens (primary N) is 2. The summed E-state index contributed by atoms with van der Waals surface area (Å²) in [5, 5.41) is 0. The molecule has 1 aliphatic rings. The maximum atomic E-state index is 14.6.